The van der Waals surface area contributed by atoms with Gasteiger partial charge in [-0.25, -0.2) is 18.9 Å². The van der Waals surface area contributed by atoms with E-state index in [1.54, 1.807) is 22.9 Å². The number of benzene rings is 1. The molecule has 6 rings (SSSR count). The zero-order valence-electron chi connectivity index (χ0n) is 20.4. The first kappa shape index (κ1) is 23.4. The molecule has 3 aromatic rings. The quantitative estimate of drug-likeness (QED) is 0.554. The van der Waals surface area contributed by atoms with E-state index >= 15 is 0 Å². The van der Waals surface area contributed by atoms with E-state index in [-0.39, 0.29) is 11.5 Å². The second kappa shape index (κ2) is 9.78. The molecule has 3 aliphatic rings. The van der Waals surface area contributed by atoms with Gasteiger partial charge in [-0.05, 0) is 61.9 Å². The number of piperidine rings is 1. The monoisotopic (exact) mass is 493 g/mol. The Balaban J connectivity index is 1.37. The van der Waals surface area contributed by atoms with Crippen molar-refractivity contribution in [3.63, 3.8) is 0 Å². The number of carbonyl (C=O) groups is 1. The molecule has 0 unspecified atom stereocenters. The van der Waals surface area contributed by atoms with Gasteiger partial charge in [0.15, 0.2) is 11.3 Å². The third kappa shape index (κ3) is 4.46. The summed E-state index contributed by atoms with van der Waals surface area (Å²) in [6.45, 7) is 6.47. The minimum absolute atomic E-state index is 0.0105. The van der Waals surface area contributed by atoms with Crippen molar-refractivity contribution in [1.29, 1.82) is 0 Å². The second-order valence-corrected chi connectivity index (χ2v) is 10.3. The van der Waals surface area contributed by atoms with Gasteiger partial charge in [0, 0.05) is 38.6 Å². The van der Waals surface area contributed by atoms with E-state index in [0.717, 1.165) is 88.4 Å². The smallest absolute Gasteiger partial charge is 0.354 e. The Kier molecular flexibility index (Phi) is 6.35. The lowest BCUT2D eigenvalue weighted by Gasteiger charge is -2.37. The first-order valence-electron chi connectivity index (χ1n) is 13.0. The van der Waals surface area contributed by atoms with Gasteiger partial charge in [0.2, 0.25) is 0 Å². The number of hydrogen-bond acceptors (Lipinski definition) is 6. The molecule has 3 fully saturated rings. The Morgan fingerprint density at radius 2 is 1.78 bits per heavy atom. The topological polar surface area (TPSA) is 83.7 Å². The third-order valence-corrected chi connectivity index (χ3v) is 8.00. The maximum absolute atomic E-state index is 13.6. The molecule has 1 aliphatic carbocycles. The lowest BCUT2D eigenvalue weighted by molar-refractivity contribution is 0.0289. The first-order valence-corrected chi connectivity index (χ1v) is 13.0. The van der Waals surface area contributed by atoms with Crippen LogP contribution in [0.1, 0.15) is 54.2 Å². The first-order chi connectivity index (χ1) is 17.6. The highest BCUT2D eigenvalue weighted by Crippen LogP contribution is 2.43. The minimum atomic E-state index is -1.06. The van der Waals surface area contributed by atoms with Crippen LogP contribution in [0.5, 0.6) is 0 Å². The molecular formula is C27H32FN5O3. The Morgan fingerprint density at radius 3 is 2.42 bits per heavy atom. The van der Waals surface area contributed by atoms with Gasteiger partial charge in [-0.2, -0.15) is 5.10 Å². The van der Waals surface area contributed by atoms with Crippen LogP contribution in [0.3, 0.4) is 0 Å². The molecule has 36 heavy (non-hydrogen) atoms. The van der Waals surface area contributed by atoms with Crippen LogP contribution in [0.2, 0.25) is 0 Å². The number of ether oxygens (including phenoxy) is 1. The van der Waals surface area contributed by atoms with Gasteiger partial charge in [-0.1, -0.05) is 6.42 Å². The van der Waals surface area contributed by atoms with E-state index in [1.165, 1.54) is 18.6 Å². The van der Waals surface area contributed by atoms with E-state index in [2.05, 4.69) is 14.8 Å². The highest BCUT2D eigenvalue weighted by atomic mass is 19.1. The molecule has 1 saturated carbocycles. The summed E-state index contributed by atoms with van der Waals surface area (Å²) in [5.74, 6) is -0.417. The molecule has 0 spiro atoms. The molecular weight excluding hydrogens is 461 g/mol. The van der Waals surface area contributed by atoms with Crippen LogP contribution in [0.15, 0.2) is 30.3 Å². The van der Waals surface area contributed by atoms with Crippen molar-refractivity contribution < 1.29 is 19.0 Å². The fraction of sp³-hybridized carbons (Fsp3) is 0.519. The average Bonchev–Trinajstić information content (AvgIpc) is 3.23. The number of aromatic nitrogens is 3. The highest BCUT2D eigenvalue weighted by molar-refractivity contribution is 5.98. The minimum Gasteiger partial charge on any atom is -0.477 e. The maximum Gasteiger partial charge on any atom is 0.354 e. The van der Waals surface area contributed by atoms with Gasteiger partial charge in [-0.15, -0.1) is 0 Å². The number of halogens is 1. The molecule has 0 amide bonds. The van der Waals surface area contributed by atoms with Gasteiger partial charge in [0.1, 0.15) is 5.82 Å². The fourth-order valence-electron chi connectivity index (χ4n) is 5.72. The summed E-state index contributed by atoms with van der Waals surface area (Å²) < 4.78 is 20.8. The van der Waals surface area contributed by atoms with Gasteiger partial charge in [0.25, 0.3) is 0 Å². The van der Waals surface area contributed by atoms with Crippen LogP contribution in [0, 0.1) is 11.7 Å². The van der Waals surface area contributed by atoms with E-state index in [9.17, 15) is 14.3 Å². The number of carboxylic acid groups (broad SMARTS) is 1. The van der Waals surface area contributed by atoms with Crippen LogP contribution in [0.4, 0.5) is 10.1 Å². The van der Waals surface area contributed by atoms with Gasteiger partial charge in [-0.3, -0.25) is 4.90 Å². The summed E-state index contributed by atoms with van der Waals surface area (Å²) in [5, 5.41) is 15.8. The number of rotatable bonds is 6. The lowest BCUT2D eigenvalue weighted by atomic mass is 9.81. The summed E-state index contributed by atoms with van der Waals surface area (Å²) in [7, 11) is 0. The Hall–Kier alpha value is -3.04. The number of aromatic carboxylic acids is 1. The summed E-state index contributed by atoms with van der Waals surface area (Å²) in [5.41, 5.74) is 3.12. The largest absolute Gasteiger partial charge is 0.477 e. The number of fused-ring (bicyclic) bond motifs is 1. The predicted octanol–water partition coefficient (Wildman–Crippen LogP) is 4.07. The zero-order chi connectivity index (χ0) is 24.6. The van der Waals surface area contributed by atoms with Crippen molar-refractivity contribution in [2.75, 3.05) is 50.8 Å². The van der Waals surface area contributed by atoms with Crippen molar-refractivity contribution in [3.8, 4) is 5.69 Å². The fourth-order valence-corrected chi connectivity index (χ4v) is 5.72. The number of nitrogens with zero attached hydrogens (tertiary/aromatic N) is 5. The molecule has 190 valence electrons. The molecule has 2 saturated heterocycles. The number of anilines is 1. The molecule has 2 aromatic heterocycles. The lowest BCUT2D eigenvalue weighted by Crippen LogP contribution is -2.43. The van der Waals surface area contributed by atoms with E-state index in [1.807, 2.05) is 0 Å². The standard InChI is InChI=1S/C27H32FN5O3/c28-20-4-6-21(7-5-20)33-26-24(25(30-33)19-2-1-3-19)23(16-22(29-26)27(34)35)32-10-8-18(9-11-32)17-31-12-14-36-15-13-31/h4-7,16,18-19H,1-3,8-15,17H2,(H,34,35). The molecule has 0 atom stereocenters. The van der Waals surface area contributed by atoms with E-state index in [0.29, 0.717) is 23.2 Å². The molecule has 1 aromatic carbocycles. The predicted molar refractivity (Wildman–Crippen MR) is 135 cm³/mol. The highest BCUT2D eigenvalue weighted by Gasteiger charge is 2.31. The van der Waals surface area contributed by atoms with E-state index in [4.69, 9.17) is 9.84 Å². The molecule has 9 heteroatoms. The molecule has 8 nitrogen and oxygen atoms in total. The summed E-state index contributed by atoms with van der Waals surface area (Å²) in [6, 6.07) is 7.85. The SMILES string of the molecule is O=C(O)c1cc(N2CCC(CN3CCOCC3)CC2)c2c(C3CCC3)nn(-c3ccc(F)cc3)c2n1. The second-order valence-electron chi connectivity index (χ2n) is 10.3. The van der Waals surface area contributed by atoms with Crippen LogP contribution < -0.4 is 4.90 Å². The van der Waals surface area contributed by atoms with Crippen LogP contribution in [-0.4, -0.2) is 76.7 Å². The summed E-state index contributed by atoms with van der Waals surface area (Å²) >= 11 is 0. The Bertz CT molecular complexity index is 1240. The van der Waals surface area contributed by atoms with E-state index < -0.39 is 5.97 Å². The number of carboxylic acids is 1. The van der Waals surface area contributed by atoms with Gasteiger partial charge in [0.05, 0.1) is 35.7 Å². The molecule has 4 heterocycles. The van der Waals surface area contributed by atoms with Crippen molar-refractivity contribution in [3.05, 3.63) is 47.5 Å². The molecule has 0 radical (unpaired) electrons. The number of pyridine rings is 1. The average molecular weight is 494 g/mol. The van der Waals surface area contributed by atoms with Crippen molar-refractivity contribution in [2.45, 2.75) is 38.0 Å². The Morgan fingerprint density at radius 1 is 1.06 bits per heavy atom. The van der Waals surface area contributed by atoms with Crippen LogP contribution >= 0.6 is 0 Å². The van der Waals surface area contributed by atoms with Crippen molar-refractivity contribution >= 4 is 22.7 Å². The van der Waals surface area contributed by atoms with Crippen molar-refractivity contribution in [2.24, 2.45) is 5.92 Å². The third-order valence-electron chi connectivity index (χ3n) is 8.00. The Labute approximate surface area is 209 Å². The number of hydrogen-bond donors (Lipinski definition) is 1. The number of morpholine rings is 1. The van der Waals surface area contributed by atoms with Crippen LogP contribution in [0.25, 0.3) is 16.7 Å². The normalized spacial score (nSPS) is 20.1. The summed E-state index contributed by atoms with van der Waals surface area (Å²) in [6.07, 6.45) is 5.43. The molecule has 1 N–H and O–H groups in total. The van der Waals surface area contributed by atoms with Crippen molar-refractivity contribution in [1.82, 2.24) is 19.7 Å². The van der Waals surface area contributed by atoms with Gasteiger partial charge < -0.3 is 14.7 Å². The molecule has 2 aliphatic heterocycles. The zero-order valence-corrected chi connectivity index (χ0v) is 20.4. The summed E-state index contributed by atoms with van der Waals surface area (Å²) in [4.78, 5) is 21.4. The molecule has 0 bridgehead atoms. The maximum atomic E-state index is 13.6. The van der Waals surface area contributed by atoms with Crippen LogP contribution in [-0.2, 0) is 4.74 Å². The van der Waals surface area contributed by atoms with Gasteiger partial charge >= 0.3 is 5.97 Å².